The number of H-pyrrole nitrogens is 1. The number of amides is 1. The highest BCUT2D eigenvalue weighted by Crippen LogP contribution is 2.19. The molecule has 1 saturated heterocycles. The monoisotopic (exact) mass is 210 g/mol. The van der Waals surface area contributed by atoms with Crippen LogP contribution in [0.25, 0.3) is 0 Å². The van der Waals surface area contributed by atoms with E-state index in [1.54, 1.807) is 4.90 Å². The number of aliphatic hydroxyl groups is 1. The van der Waals surface area contributed by atoms with E-state index in [2.05, 4.69) is 10.2 Å². The average molecular weight is 210 g/mol. The molecule has 0 aliphatic carbocycles. The molecule has 1 aliphatic rings. The predicted molar refractivity (Wildman–Crippen MR) is 54.1 cm³/mol. The lowest BCUT2D eigenvalue weighted by molar-refractivity contribution is 0.0671. The summed E-state index contributed by atoms with van der Waals surface area (Å²) in [5.74, 6) is 0.161. The SMILES string of the molecule is Nc1cc(C(=O)N2CCCC2CO)[nH]n1. The maximum Gasteiger partial charge on any atom is 0.272 e. The molecule has 0 radical (unpaired) electrons. The van der Waals surface area contributed by atoms with Gasteiger partial charge in [0.05, 0.1) is 12.6 Å². The summed E-state index contributed by atoms with van der Waals surface area (Å²) in [7, 11) is 0. The van der Waals surface area contributed by atoms with Crippen LogP contribution in [0.3, 0.4) is 0 Å². The van der Waals surface area contributed by atoms with E-state index in [-0.39, 0.29) is 18.6 Å². The Morgan fingerprint density at radius 1 is 1.80 bits per heavy atom. The molecule has 6 nitrogen and oxygen atoms in total. The Morgan fingerprint density at radius 2 is 2.60 bits per heavy atom. The second kappa shape index (κ2) is 3.90. The fraction of sp³-hybridized carbons (Fsp3) is 0.556. The van der Waals surface area contributed by atoms with Crippen molar-refractivity contribution >= 4 is 11.7 Å². The first-order chi connectivity index (χ1) is 7.22. The molecule has 15 heavy (non-hydrogen) atoms. The maximum atomic E-state index is 11.9. The number of nitrogens with two attached hydrogens (primary N) is 1. The zero-order valence-electron chi connectivity index (χ0n) is 8.31. The highest BCUT2D eigenvalue weighted by molar-refractivity contribution is 5.93. The smallest absolute Gasteiger partial charge is 0.272 e. The number of hydrogen-bond acceptors (Lipinski definition) is 4. The van der Waals surface area contributed by atoms with E-state index >= 15 is 0 Å². The largest absolute Gasteiger partial charge is 0.394 e. The number of aliphatic hydroxyl groups excluding tert-OH is 1. The van der Waals surface area contributed by atoms with Gasteiger partial charge in [0.1, 0.15) is 11.5 Å². The van der Waals surface area contributed by atoms with Crippen molar-refractivity contribution in [1.29, 1.82) is 0 Å². The quantitative estimate of drug-likeness (QED) is 0.618. The number of aromatic amines is 1. The molecular weight excluding hydrogens is 196 g/mol. The molecule has 0 spiro atoms. The normalized spacial score (nSPS) is 20.9. The summed E-state index contributed by atoms with van der Waals surface area (Å²) >= 11 is 0. The van der Waals surface area contributed by atoms with Crippen molar-refractivity contribution in [3.8, 4) is 0 Å². The van der Waals surface area contributed by atoms with E-state index in [9.17, 15) is 4.79 Å². The van der Waals surface area contributed by atoms with Crippen LogP contribution in [-0.4, -0.2) is 45.3 Å². The number of likely N-dealkylation sites (tertiary alicyclic amines) is 1. The van der Waals surface area contributed by atoms with Crippen LogP contribution in [0.15, 0.2) is 6.07 Å². The summed E-state index contributed by atoms with van der Waals surface area (Å²) in [5.41, 5.74) is 5.80. The lowest BCUT2D eigenvalue weighted by atomic mass is 10.2. The van der Waals surface area contributed by atoms with Crippen LogP contribution in [0.1, 0.15) is 23.3 Å². The van der Waals surface area contributed by atoms with E-state index in [1.807, 2.05) is 0 Å². The molecule has 1 amide bonds. The fourth-order valence-electron chi connectivity index (χ4n) is 1.89. The number of nitrogen functional groups attached to an aromatic ring is 1. The minimum Gasteiger partial charge on any atom is -0.394 e. The Labute approximate surface area is 87.1 Å². The molecule has 2 rings (SSSR count). The third-order valence-electron chi connectivity index (χ3n) is 2.68. The molecule has 1 aromatic heterocycles. The van der Waals surface area contributed by atoms with E-state index in [1.165, 1.54) is 6.07 Å². The molecular formula is C9H14N4O2. The van der Waals surface area contributed by atoms with E-state index in [0.717, 1.165) is 12.8 Å². The van der Waals surface area contributed by atoms with Crippen molar-refractivity contribution in [2.75, 3.05) is 18.9 Å². The molecule has 1 unspecified atom stereocenters. The van der Waals surface area contributed by atoms with Gasteiger partial charge in [0.25, 0.3) is 5.91 Å². The molecule has 0 aromatic carbocycles. The number of nitrogens with zero attached hydrogens (tertiary/aromatic N) is 2. The van der Waals surface area contributed by atoms with Crippen molar-refractivity contribution in [3.63, 3.8) is 0 Å². The third kappa shape index (κ3) is 1.80. The second-order valence-corrected chi connectivity index (χ2v) is 3.68. The van der Waals surface area contributed by atoms with Gasteiger partial charge in [0.15, 0.2) is 0 Å². The lowest BCUT2D eigenvalue weighted by Crippen LogP contribution is -2.37. The number of aromatic nitrogens is 2. The van der Waals surface area contributed by atoms with Crippen LogP contribution < -0.4 is 5.73 Å². The van der Waals surface area contributed by atoms with Gasteiger partial charge >= 0.3 is 0 Å². The van der Waals surface area contributed by atoms with Crippen LogP contribution in [0.4, 0.5) is 5.82 Å². The molecule has 1 atom stereocenters. The summed E-state index contributed by atoms with van der Waals surface area (Å²) < 4.78 is 0. The highest BCUT2D eigenvalue weighted by atomic mass is 16.3. The van der Waals surface area contributed by atoms with Crippen LogP contribution in [0, 0.1) is 0 Å². The third-order valence-corrected chi connectivity index (χ3v) is 2.68. The molecule has 1 aliphatic heterocycles. The summed E-state index contributed by atoms with van der Waals surface area (Å²) in [5, 5.41) is 15.4. The van der Waals surface area contributed by atoms with Crippen molar-refractivity contribution < 1.29 is 9.90 Å². The summed E-state index contributed by atoms with van der Waals surface area (Å²) in [6.07, 6.45) is 1.78. The first-order valence-electron chi connectivity index (χ1n) is 4.95. The minimum absolute atomic E-state index is 0.00929. The van der Waals surface area contributed by atoms with E-state index < -0.39 is 0 Å². The van der Waals surface area contributed by atoms with Crippen molar-refractivity contribution in [3.05, 3.63) is 11.8 Å². The summed E-state index contributed by atoms with van der Waals surface area (Å²) in [6.45, 7) is 0.693. The molecule has 2 heterocycles. The van der Waals surface area contributed by atoms with Crippen molar-refractivity contribution in [2.45, 2.75) is 18.9 Å². The van der Waals surface area contributed by atoms with Gasteiger partial charge < -0.3 is 15.7 Å². The topological polar surface area (TPSA) is 95.2 Å². The molecule has 1 aromatic rings. The molecule has 1 fully saturated rings. The number of anilines is 1. The number of rotatable bonds is 2. The lowest BCUT2D eigenvalue weighted by Gasteiger charge is -2.21. The number of carbonyl (C=O) groups is 1. The summed E-state index contributed by atoms with van der Waals surface area (Å²) in [6, 6.07) is 1.44. The van der Waals surface area contributed by atoms with Crippen LogP contribution in [0.2, 0.25) is 0 Å². The Bertz CT molecular complexity index is 363. The van der Waals surface area contributed by atoms with Gasteiger partial charge in [-0.15, -0.1) is 0 Å². The standard InChI is InChI=1S/C9H14N4O2/c10-8-4-7(11-12-8)9(15)13-3-1-2-6(13)5-14/h4,6,14H,1-3,5H2,(H3,10,11,12). The van der Waals surface area contributed by atoms with Crippen LogP contribution in [0.5, 0.6) is 0 Å². The molecule has 82 valence electrons. The van der Waals surface area contributed by atoms with Gasteiger partial charge in [0.2, 0.25) is 0 Å². The van der Waals surface area contributed by atoms with Gasteiger partial charge in [-0.1, -0.05) is 0 Å². The molecule has 0 bridgehead atoms. The zero-order valence-corrected chi connectivity index (χ0v) is 8.31. The highest BCUT2D eigenvalue weighted by Gasteiger charge is 2.29. The Balaban J connectivity index is 2.13. The van der Waals surface area contributed by atoms with Gasteiger partial charge in [-0.05, 0) is 12.8 Å². The average Bonchev–Trinajstić information content (AvgIpc) is 2.84. The number of carbonyl (C=O) groups excluding carboxylic acids is 1. The predicted octanol–water partition coefficient (Wildman–Crippen LogP) is -0.411. The van der Waals surface area contributed by atoms with Gasteiger partial charge in [-0.2, -0.15) is 5.10 Å². The summed E-state index contributed by atoms with van der Waals surface area (Å²) in [4.78, 5) is 13.6. The van der Waals surface area contributed by atoms with Crippen molar-refractivity contribution in [1.82, 2.24) is 15.1 Å². The first kappa shape index (κ1) is 9.97. The van der Waals surface area contributed by atoms with Gasteiger partial charge in [0, 0.05) is 12.6 Å². The minimum atomic E-state index is -0.143. The van der Waals surface area contributed by atoms with Crippen molar-refractivity contribution in [2.24, 2.45) is 0 Å². The molecule has 6 heteroatoms. The van der Waals surface area contributed by atoms with Gasteiger partial charge in [-0.3, -0.25) is 9.89 Å². The molecule has 4 N–H and O–H groups in total. The van der Waals surface area contributed by atoms with Crippen LogP contribution in [-0.2, 0) is 0 Å². The van der Waals surface area contributed by atoms with Gasteiger partial charge in [-0.25, -0.2) is 0 Å². The second-order valence-electron chi connectivity index (χ2n) is 3.68. The Morgan fingerprint density at radius 3 is 3.20 bits per heavy atom. The first-order valence-corrected chi connectivity index (χ1v) is 4.95. The molecule has 0 saturated carbocycles. The Kier molecular flexibility index (Phi) is 2.59. The van der Waals surface area contributed by atoms with E-state index in [4.69, 9.17) is 10.8 Å². The maximum absolute atomic E-state index is 11.9. The van der Waals surface area contributed by atoms with E-state index in [0.29, 0.717) is 18.1 Å². The van der Waals surface area contributed by atoms with Crippen LogP contribution >= 0.6 is 0 Å². The number of nitrogens with one attached hydrogen (secondary N) is 1. The Hall–Kier alpha value is -1.56. The zero-order chi connectivity index (χ0) is 10.8. The fourth-order valence-corrected chi connectivity index (χ4v) is 1.89. The number of hydrogen-bond donors (Lipinski definition) is 3.